The number of halogens is 1. The molecule has 2 rings (SSSR count). The van der Waals surface area contributed by atoms with Gasteiger partial charge in [0.25, 0.3) is 5.91 Å². The van der Waals surface area contributed by atoms with E-state index in [1.54, 1.807) is 12.1 Å². The summed E-state index contributed by atoms with van der Waals surface area (Å²) >= 11 is 7.04. The third-order valence-corrected chi connectivity index (χ3v) is 3.79. The van der Waals surface area contributed by atoms with E-state index in [1.807, 2.05) is 24.3 Å². The van der Waals surface area contributed by atoms with Crippen molar-refractivity contribution in [2.75, 3.05) is 6.61 Å². The van der Waals surface area contributed by atoms with E-state index in [-0.39, 0.29) is 12.5 Å². The maximum absolute atomic E-state index is 11.9. The zero-order valence-corrected chi connectivity index (χ0v) is 12.1. The molecule has 0 unspecified atom stereocenters. The minimum atomic E-state index is -0.186. The molecule has 0 saturated heterocycles. The van der Waals surface area contributed by atoms with E-state index < -0.39 is 0 Å². The van der Waals surface area contributed by atoms with Gasteiger partial charge in [0.1, 0.15) is 6.61 Å². The fourth-order valence-electron chi connectivity index (χ4n) is 1.63. The van der Waals surface area contributed by atoms with E-state index >= 15 is 0 Å². The number of nitrogens with one attached hydrogen (secondary N) is 1. The fourth-order valence-corrected chi connectivity index (χ4v) is 2.59. The molecule has 0 radical (unpaired) electrons. The lowest BCUT2D eigenvalue weighted by molar-refractivity contribution is 0.0955. The summed E-state index contributed by atoms with van der Waals surface area (Å²) in [6.45, 7) is 0.193. The quantitative estimate of drug-likeness (QED) is 0.857. The van der Waals surface area contributed by atoms with E-state index in [4.69, 9.17) is 16.7 Å². The van der Waals surface area contributed by atoms with Crippen molar-refractivity contribution in [2.45, 2.75) is 6.54 Å². The smallest absolute Gasteiger partial charge is 0.261 e. The van der Waals surface area contributed by atoms with Crippen LogP contribution < -0.4 is 5.32 Å². The van der Waals surface area contributed by atoms with Crippen LogP contribution in [-0.2, 0) is 6.54 Å². The highest BCUT2D eigenvalue weighted by Gasteiger charge is 2.08. The molecule has 2 aromatic rings. The van der Waals surface area contributed by atoms with Crippen molar-refractivity contribution in [1.82, 2.24) is 5.32 Å². The molecular weight excluding hydrogens is 294 g/mol. The van der Waals surface area contributed by atoms with Crippen molar-refractivity contribution in [3.05, 3.63) is 56.7 Å². The SMILES string of the molecule is O=C(NCc1ccccc1C#CCO)c1ccc(Cl)s1. The molecule has 3 nitrogen and oxygen atoms in total. The molecule has 0 aliphatic rings. The van der Waals surface area contributed by atoms with Gasteiger partial charge in [-0.15, -0.1) is 11.3 Å². The van der Waals surface area contributed by atoms with E-state index in [0.717, 1.165) is 11.1 Å². The van der Waals surface area contributed by atoms with Gasteiger partial charge in [-0.3, -0.25) is 4.79 Å². The van der Waals surface area contributed by atoms with Crippen LogP contribution >= 0.6 is 22.9 Å². The lowest BCUT2D eigenvalue weighted by Gasteiger charge is -2.06. The largest absolute Gasteiger partial charge is 0.384 e. The minimum Gasteiger partial charge on any atom is -0.384 e. The predicted molar refractivity (Wildman–Crippen MR) is 80.9 cm³/mol. The highest BCUT2D eigenvalue weighted by molar-refractivity contribution is 7.17. The van der Waals surface area contributed by atoms with Gasteiger partial charge in [-0.2, -0.15) is 0 Å². The number of hydrogen-bond donors (Lipinski definition) is 2. The molecule has 5 heteroatoms. The van der Waals surface area contributed by atoms with E-state index in [0.29, 0.717) is 15.8 Å². The summed E-state index contributed by atoms with van der Waals surface area (Å²) in [6.07, 6.45) is 0. The first-order chi connectivity index (χ1) is 9.70. The Kier molecular flexibility index (Phi) is 5.19. The average molecular weight is 306 g/mol. The number of hydrogen-bond acceptors (Lipinski definition) is 3. The first kappa shape index (κ1) is 14.6. The Morgan fingerprint density at radius 1 is 1.30 bits per heavy atom. The van der Waals surface area contributed by atoms with Gasteiger partial charge >= 0.3 is 0 Å². The molecule has 0 bridgehead atoms. The second kappa shape index (κ2) is 7.11. The monoisotopic (exact) mass is 305 g/mol. The standard InChI is InChI=1S/C15H12ClNO2S/c16-14-8-7-13(20-14)15(19)17-10-12-5-2-1-4-11(12)6-3-9-18/h1-2,4-5,7-8,18H,9-10H2,(H,17,19). The second-order valence-corrected chi connectivity index (χ2v) is 5.62. The molecule has 0 spiro atoms. The van der Waals surface area contributed by atoms with Crippen LogP contribution in [0.3, 0.4) is 0 Å². The molecule has 0 saturated carbocycles. The van der Waals surface area contributed by atoms with Gasteiger partial charge in [0.2, 0.25) is 0 Å². The Morgan fingerprint density at radius 2 is 2.10 bits per heavy atom. The molecule has 1 aromatic heterocycles. The highest BCUT2D eigenvalue weighted by Crippen LogP contribution is 2.21. The molecule has 0 fully saturated rings. The summed E-state index contributed by atoms with van der Waals surface area (Å²) < 4.78 is 0.587. The number of amides is 1. The summed E-state index contributed by atoms with van der Waals surface area (Å²) in [5, 5.41) is 11.6. The Hall–Kier alpha value is -1.80. The molecule has 20 heavy (non-hydrogen) atoms. The lowest BCUT2D eigenvalue weighted by Crippen LogP contribution is -2.22. The normalized spacial score (nSPS) is 9.70. The van der Waals surface area contributed by atoms with Crippen LogP contribution in [0, 0.1) is 11.8 Å². The van der Waals surface area contributed by atoms with E-state index in [1.165, 1.54) is 11.3 Å². The van der Waals surface area contributed by atoms with Gasteiger partial charge in [0, 0.05) is 12.1 Å². The number of benzene rings is 1. The van der Waals surface area contributed by atoms with Crippen LogP contribution in [0.4, 0.5) is 0 Å². The number of thiophene rings is 1. The van der Waals surface area contributed by atoms with E-state index in [2.05, 4.69) is 17.2 Å². The second-order valence-electron chi connectivity index (χ2n) is 3.90. The van der Waals surface area contributed by atoms with Crippen molar-refractivity contribution >= 4 is 28.8 Å². The van der Waals surface area contributed by atoms with Crippen molar-refractivity contribution in [3.8, 4) is 11.8 Å². The van der Waals surface area contributed by atoms with Crippen LogP contribution in [0.5, 0.6) is 0 Å². The van der Waals surface area contributed by atoms with Crippen LogP contribution in [0.2, 0.25) is 4.34 Å². The zero-order valence-electron chi connectivity index (χ0n) is 10.5. The Labute approximate surface area is 126 Å². The van der Waals surface area contributed by atoms with Gasteiger partial charge in [-0.05, 0) is 23.8 Å². The van der Waals surface area contributed by atoms with Crippen molar-refractivity contribution < 1.29 is 9.90 Å². The van der Waals surface area contributed by atoms with Gasteiger partial charge < -0.3 is 10.4 Å². The number of aliphatic hydroxyl groups excluding tert-OH is 1. The maximum atomic E-state index is 11.9. The number of aliphatic hydroxyl groups is 1. The summed E-state index contributed by atoms with van der Waals surface area (Å²) in [5.74, 6) is 5.31. The number of carbonyl (C=O) groups is 1. The van der Waals surface area contributed by atoms with Crippen molar-refractivity contribution in [2.24, 2.45) is 0 Å². The summed E-state index contributed by atoms with van der Waals surface area (Å²) in [4.78, 5) is 12.5. The van der Waals surface area contributed by atoms with E-state index in [9.17, 15) is 4.79 Å². The molecule has 1 amide bonds. The third-order valence-electron chi connectivity index (χ3n) is 2.56. The van der Waals surface area contributed by atoms with Crippen LogP contribution in [0.15, 0.2) is 36.4 Å². The van der Waals surface area contributed by atoms with Gasteiger partial charge in [0.15, 0.2) is 0 Å². The predicted octanol–water partition coefficient (Wildman–Crippen LogP) is 2.68. The fraction of sp³-hybridized carbons (Fsp3) is 0.133. The first-order valence-corrected chi connectivity index (χ1v) is 7.11. The molecule has 0 atom stereocenters. The number of carbonyl (C=O) groups excluding carboxylic acids is 1. The highest BCUT2D eigenvalue weighted by atomic mass is 35.5. The summed E-state index contributed by atoms with van der Waals surface area (Å²) in [6, 6.07) is 10.9. The van der Waals surface area contributed by atoms with Crippen LogP contribution in [0.25, 0.3) is 0 Å². The molecule has 0 aliphatic carbocycles. The molecule has 0 aliphatic heterocycles. The average Bonchev–Trinajstić information content (AvgIpc) is 2.90. The molecule has 2 N–H and O–H groups in total. The molecule has 1 heterocycles. The van der Waals surface area contributed by atoms with Gasteiger partial charge in [0.05, 0.1) is 9.21 Å². The van der Waals surface area contributed by atoms with Gasteiger partial charge in [-0.25, -0.2) is 0 Å². The lowest BCUT2D eigenvalue weighted by atomic mass is 10.1. The van der Waals surface area contributed by atoms with Crippen molar-refractivity contribution in [1.29, 1.82) is 0 Å². The third kappa shape index (κ3) is 3.84. The maximum Gasteiger partial charge on any atom is 0.261 e. The Morgan fingerprint density at radius 3 is 2.80 bits per heavy atom. The summed E-state index contributed by atoms with van der Waals surface area (Å²) in [5.41, 5.74) is 1.70. The molecular formula is C15H12ClNO2S. The molecule has 1 aromatic carbocycles. The Balaban J connectivity index is 2.06. The van der Waals surface area contributed by atoms with Crippen LogP contribution in [-0.4, -0.2) is 17.6 Å². The molecule has 102 valence electrons. The Bertz CT molecular complexity index is 670. The summed E-state index contributed by atoms with van der Waals surface area (Å²) in [7, 11) is 0. The number of rotatable bonds is 3. The van der Waals surface area contributed by atoms with Crippen LogP contribution in [0.1, 0.15) is 20.8 Å². The topological polar surface area (TPSA) is 49.3 Å². The van der Waals surface area contributed by atoms with Crippen molar-refractivity contribution in [3.63, 3.8) is 0 Å². The minimum absolute atomic E-state index is 0.160. The van der Waals surface area contributed by atoms with Gasteiger partial charge in [-0.1, -0.05) is 41.6 Å². The zero-order chi connectivity index (χ0) is 14.4. The first-order valence-electron chi connectivity index (χ1n) is 5.92.